The molecule has 5 nitrogen and oxygen atoms in total. The summed E-state index contributed by atoms with van der Waals surface area (Å²) >= 11 is 2.67. The zero-order chi connectivity index (χ0) is 19.5. The van der Waals surface area contributed by atoms with E-state index < -0.39 is 18.0 Å². The summed E-state index contributed by atoms with van der Waals surface area (Å²) in [5.74, 6) is -0.920. The fraction of sp³-hybridized carbons (Fsp3) is 0.0952. The van der Waals surface area contributed by atoms with Crippen molar-refractivity contribution in [2.75, 3.05) is 5.32 Å². The number of hydrogen-bond acceptors (Lipinski definition) is 6. The Balaban J connectivity index is 1.39. The number of anilines is 1. The van der Waals surface area contributed by atoms with E-state index in [1.54, 1.807) is 13.0 Å². The molecule has 7 heteroatoms. The summed E-state index contributed by atoms with van der Waals surface area (Å²) in [7, 11) is 0. The average Bonchev–Trinajstić information content (AvgIpc) is 3.35. The molecule has 140 valence electrons. The molecule has 0 unspecified atom stereocenters. The monoisotopic (exact) mass is 408 g/mol. The van der Waals surface area contributed by atoms with Crippen molar-refractivity contribution < 1.29 is 14.3 Å². The second kappa shape index (κ2) is 7.92. The lowest BCUT2D eigenvalue weighted by molar-refractivity contribution is -0.123. The van der Waals surface area contributed by atoms with E-state index in [9.17, 15) is 9.59 Å². The van der Waals surface area contributed by atoms with Gasteiger partial charge in [0.15, 0.2) is 11.2 Å². The number of nitrogens with zero attached hydrogens (tertiary/aromatic N) is 1. The largest absolute Gasteiger partial charge is 0.448 e. The second-order valence-electron chi connectivity index (χ2n) is 6.09. The van der Waals surface area contributed by atoms with Crippen molar-refractivity contribution in [3.8, 4) is 11.3 Å². The summed E-state index contributed by atoms with van der Waals surface area (Å²) in [4.78, 5) is 29.6. The molecule has 0 saturated carbocycles. The number of benzene rings is 2. The van der Waals surface area contributed by atoms with Crippen molar-refractivity contribution in [2.45, 2.75) is 13.0 Å². The van der Waals surface area contributed by atoms with Crippen molar-refractivity contribution in [1.82, 2.24) is 4.98 Å². The van der Waals surface area contributed by atoms with Gasteiger partial charge in [0.1, 0.15) is 4.88 Å². The van der Waals surface area contributed by atoms with E-state index in [0.717, 1.165) is 21.3 Å². The third-order valence-corrected chi connectivity index (χ3v) is 5.94. The number of hydrogen-bond donors (Lipinski definition) is 1. The number of fused-ring (bicyclic) bond motifs is 1. The molecular weight excluding hydrogens is 392 g/mol. The maximum atomic E-state index is 12.4. The third-order valence-electron chi connectivity index (χ3n) is 4.08. The van der Waals surface area contributed by atoms with Crippen LogP contribution in [0.4, 0.5) is 5.13 Å². The first kappa shape index (κ1) is 18.3. The highest BCUT2D eigenvalue weighted by atomic mass is 32.1. The van der Waals surface area contributed by atoms with Crippen LogP contribution in [0.3, 0.4) is 0 Å². The van der Waals surface area contributed by atoms with Crippen LogP contribution >= 0.6 is 22.7 Å². The number of amides is 1. The predicted molar refractivity (Wildman–Crippen MR) is 113 cm³/mol. The number of carbonyl (C=O) groups is 2. The van der Waals surface area contributed by atoms with Gasteiger partial charge in [-0.2, -0.15) is 0 Å². The van der Waals surface area contributed by atoms with Crippen LogP contribution in [0, 0.1) is 0 Å². The van der Waals surface area contributed by atoms with Gasteiger partial charge in [0.05, 0.1) is 5.69 Å². The SMILES string of the molecule is C[C@H](OC(=O)c1cc2ccccc2s1)C(=O)Nc1nc(-c2ccccc2)cs1. The summed E-state index contributed by atoms with van der Waals surface area (Å²) in [6.45, 7) is 1.55. The molecule has 0 bridgehead atoms. The molecule has 2 aromatic heterocycles. The lowest BCUT2D eigenvalue weighted by Crippen LogP contribution is -2.29. The Bertz CT molecular complexity index is 1100. The molecule has 0 saturated heterocycles. The highest BCUT2D eigenvalue weighted by molar-refractivity contribution is 7.20. The molecule has 1 N–H and O–H groups in total. The molecule has 0 fully saturated rings. The van der Waals surface area contributed by atoms with Crippen LogP contribution in [-0.2, 0) is 9.53 Å². The highest BCUT2D eigenvalue weighted by Gasteiger charge is 2.21. The summed E-state index contributed by atoms with van der Waals surface area (Å²) in [6, 6.07) is 19.2. The van der Waals surface area contributed by atoms with Gasteiger partial charge in [-0.15, -0.1) is 22.7 Å². The van der Waals surface area contributed by atoms with E-state index in [2.05, 4.69) is 10.3 Å². The molecule has 1 amide bonds. The first-order valence-corrected chi connectivity index (χ1v) is 10.3. The lowest BCUT2D eigenvalue weighted by atomic mass is 10.2. The van der Waals surface area contributed by atoms with Crippen molar-refractivity contribution in [3.05, 3.63) is 70.9 Å². The normalized spacial score (nSPS) is 11.9. The summed E-state index contributed by atoms with van der Waals surface area (Å²) in [5.41, 5.74) is 1.76. The molecule has 4 rings (SSSR count). The first-order chi connectivity index (χ1) is 13.6. The molecule has 2 heterocycles. The Morgan fingerprint density at radius 1 is 1.07 bits per heavy atom. The molecule has 0 spiro atoms. The number of nitrogens with one attached hydrogen (secondary N) is 1. The summed E-state index contributed by atoms with van der Waals surface area (Å²) in [5, 5.41) is 6.03. The van der Waals surface area contributed by atoms with Crippen LogP contribution in [0.2, 0.25) is 0 Å². The summed E-state index contributed by atoms with van der Waals surface area (Å²) in [6.07, 6.45) is -0.929. The average molecular weight is 409 g/mol. The number of thiophene rings is 1. The van der Waals surface area contributed by atoms with E-state index >= 15 is 0 Å². The standard InChI is InChI=1S/C21H16N2O3S2/c1-13(26-20(25)18-11-15-9-5-6-10-17(15)28-18)19(24)23-21-22-16(12-27-21)14-7-3-2-4-8-14/h2-13H,1H3,(H,22,23,24)/t13-/m0/s1. The number of ether oxygens (including phenoxy) is 1. The Labute approximate surface area is 169 Å². The second-order valence-corrected chi connectivity index (χ2v) is 8.03. The quantitative estimate of drug-likeness (QED) is 0.460. The summed E-state index contributed by atoms with van der Waals surface area (Å²) < 4.78 is 6.33. The Hall–Kier alpha value is -3.03. The van der Waals surface area contributed by atoms with Crippen LogP contribution in [0.1, 0.15) is 16.6 Å². The van der Waals surface area contributed by atoms with Crippen LogP contribution in [0.25, 0.3) is 21.3 Å². The molecule has 0 aliphatic heterocycles. The molecule has 0 radical (unpaired) electrons. The number of carbonyl (C=O) groups excluding carboxylic acids is 2. The predicted octanol–water partition coefficient (Wildman–Crippen LogP) is 5.21. The number of rotatable bonds is 5. The zero-order valence-electron chi connectivity index (χ0n) is 14.9. The smallest absolute Gasteiger partial charge is 0.349 e. The Kier molecular flexibility index (Phi) is 5.18. The van der Waals surface area contributed by atoms with Gasteiger partial charge in [-0.05, 0) is 24.4 Å². The van der Waals surface area contributed by atoms with Crippen molar-refractivity contribution in [3.63, 3.8) is 0 Å². The minimum Gasteiger partial charge on any atom is -0.448 e. The van der Waals surface area contributed by atoms with Crippen molar-refractivity contribution in [2.24, 2.45) is 0 Å². The first-order valence-electron chi connectivity index (χ1n) is 8.61. The maximum absolute atomic E-state index is 12.4. The molecule has 28 heavy (non-hydrogen) atoms. The fourth-order valence-electron chi connectivity index (χ4n) is 2.63. The molecular formula is C21H16N2O3S2. The van der Waals surface area contributed by atoms with Gasteiger partial charge in [0.25, 0.3) is 5.91 Å². The van der Waals surface area contributed by atoms with Crippen molar-refractivity contribution >= 4 is 49.8 Å². The zero-order valence-corrected chi connectivity index (χ0v) is 16.5. The minimum absolute atomic E-state index is 0.413. The molecule has 4 aromatic rings. The van der Waals surface area contributed by atoms with Crippen LogP contribution < -0.4 is 5.32 Å². The van der Waals surface area contributed by atoms with Gasteiger partial charge in [0.2, 0.25) is 0 Å². The van der Waals surface area contributed by atoms with E-state index in [0.29, 0.717) is 10.0 Å². The maximum Gasteiger partial charge on any atom is 0.349 e. The number of aromatic nitrogens is 1. The van der Waals surface area contributed by atoms with Crippen LogP contribution in [-0.4, -0.2) is 23.0 Å². The molecule has 0 aliphatic carbocycles. The number of esters is 1. The van der Waals surface area contributed by atoms with Crippen LogP contribution in [0.15, 0.2) is 66.0 Å². The van der Waals surface area contributed by atoms with E-state index in [4.69, 9.17) is 4.74 Å². The lowest BCUT2D eigenvalue weighted by Gasteiger charge is -2.11. The molecule has 0 aliphatic rings. The highest BCUT2D eigenvalue weighted by Crippen LogP contribution is 2.27. The van der Waals surface area contributed by atoms with Crippen LogP contribution in [0.5, 0.6) is 0 Å². The topological polar surface area (TPSA) is 68.3 Å². The van der Waals surface area contributed by atoms with Crippen molar-refractivity contribution in [1.29, 1.82) is 0 Å². The van der Waals surface area contributed by atoms with Gasteiger partial charge in [0, 0.05) is 15.6 Å². The van der Waals surface area contributed by atoms with Gasteiger partial charge < -0.3 is 4.74 Å². The minimum atomic E-state index is -0.929. The van der Waals surface area contributed by atoms with E-state index in [1.807, 2.05) is 60.0 Å². The van der Waals surface area contributed by atoms with Gasteiger partial charge >= 0.3 is 5.97 Å². The Morgan fingerprint density at radius 2 is 1.82 bits per heavy atom. The number of thiazole rings is 1. The van der Waals surface area contributed by atoms with E-state index in [1.165, 1.54) is 22.7 Å². The van der Waals surface area contributed by atoms with Gasteiger partial charge in [-0.3, -0.25) is 10.1 Å². The van der Waals surface area contributed by atoms with Gasteiger partial charge in [-0.1, -0.05) is 48.5 Å². The Morgan fingerprint density at radius 3 is 2.61 bits per heavy atom. The fourth-order valence-corrected chi connectivity index (χ4v) is 4.30. The molecule has 1 atom stereocenters. The molecule has 2 aromatic carbocycles. The van der Waals surface area contributed by atoms with Gasteiger partial charge in [-0.25, -0.2) is 9.78 Å². The third kappa shape index (κ3) is 3.95. The van der Waals surface area contributed by atoms with E-state index in [-0.39, 0.29) is 0 Å².